The lowest BCUT2D eigenvalue weighted by molar-refractivity contribution is 0.109. The minimum absolute atomic E-state index is 0.0497. The summed E-state index contributed by atoms with van der Waals surface area (Å²) in [5, 5.41) is 0. The van der Waals surface area contributed by atoms with Crippen LogP contribution in [0.4, 0.5) is 0 Å². The first-order valence-electron chi connectivity index (χ1n) is 5.05. The number of carbonyl (C=O) groups excluding carboxylic acids is 1. The summed E-state index contributed by atoms with van der Waals surface area (Å²) < 4.78 is 10.2. The van der Waals surface area contributed by atoms with E-state index in [0.29, 0.717) is 6.29 Å². The van der Waals surface area contributed by atoms with Crippen LogP contribution in [0.5, 0.6) is 5.75 Å². The van der Waals surface area contributed by atoms with Crippen molar-refractivity contribution in [3.63, 3.8) is 0 Å². The average molecular weight is 230 g/mol. The highest BCUT2D eigenvalue weighted by Gasteiger charge is 2.09. The first kappa shape index (κ1) is 11.1. The van der Waals surface area contributed by atoms with E-state index in [1.54, 1.807) is 0 Å². The highest BCUT2D eigenvalue weighted by molar-refractivity contribution is 5.74. The molecule has 1 aromatic carbocycles. The fraction of sp³-hybridized carbons (Fsp3) is 0.0769. The Kier molecular flexibility index (Phi) is 3.35. The van der Waals surface area contributed by atoms with E-state index in [2.05, 4.69) is 0 Å². The summed E-state index contributed by atoms with van der Waals surface area (Å²) in [6.45, 7) is 0.219. The van der Waals surface area contributed by atoms with Crippen LogP contribution in [0.15, 0.2) is 51.9 Å². The summed E-state index contributed by atoms with van der Waals surface area (Å²) in [6, 6.07) is 10.6. The van der Waals surface area contributed by atoms with Gasteiger partial charge in [-0.05, 0) is 5.56 Å². The summed E-state index contributed by atoms with van der Waals surface area (Å²) in [4.78, 5) is 22.2. The molecular weight excluding hydrogens is 220 g/mol. The molecule has 0 atom stereocenters. The monoisotopic (exact) mass is 230 g/mol. The summed E-state index contributed by atoms with van der Waals surface area (Å²) in [7, 11) is 0. The van der Waals surface area contributed by atoms with Gasteiger partial charge in [0, 0.05) is 6.07 Å². The zero-order chi connectivity index (χ0) is 12.1. The van der Waals surface area contributed by atoms with Crippen molar-refractivity contribution < 1.29 is 13.9 Å². The van der Waals surface area contributed by atoms with Crippen molar-refractivity contribution in [3.05, 3.63) is 64.2 Å². The molecule has 0 aliphatic heterocycles. The van der Waals surface area contributed by atoms with E-state index in [0.717, 1.165) is 5.56 Å². The van der Waals surface area contributed by atoms with Crippen molar-refractivity contribution >= 4 is 6.29 Å². The number of benzene rings is 1. The normalized spacial score (nSPS) is 9.88. The average Bonchev–Trinajstić information content (AvgIpc) is 2.38. The van der Waals surface area contributed by atoms with Crippen molar-refractivity contribution in [2.24, 2.45) is 0 Å². The molecule has 0 unspecified atom stereocenters. The summed E-state index contributed by atoms with van der Waals surface area (Å²) in [6.07, 6.45) is 1.63. The van der Waals surface area contributed by atoms with Gasteiger partial charge in [-0.3, -0.25) is 9.59 Å². The molecular formula is C13H10O4. The number of carbonyl (C=O) groups is 1. The quantitative estimate of drug-likeness (QED) is 0.754. The minimum Gasteiger partial charge on any atom is -0.481 e. The molecule has 0 amide bonds. The van der Waals surface area contributed by atoms with E-state index in [-0.39, 0.29) is 23.5 Å². The fourth-order valence-corrected chi connectivity index (χ4v) is 1.37. The highest BCUT2D eigenvalue weighted by atomic mass is 16.5. The number of hydrogen-bond donors (Lipinski definition) is 0. The second-order valence-corrected chi connectivity index (χ2v) is 3.37. The van der Waals surface area contributed by atoms with Gasteiger partial charge in [-0.2, -0.15) is 0 Å². The fourth-order valence-electron chi connectivity index (χ4n) is 1.37. The van der Waals surface area contributed by atoms with E-state index >= 15 is 0 Å². The van der Waals surface area contributed by atoms with Crippen LogP contribution in [0.1, 0.15) is 16.1 Å². The van der Waals surface area contributed by atoms with Crippen molar-refractivity contribution in [3.8, 4) is 5.75 Å². The first-order valence-corrected chi connectivity index (χ1v) is 5.05. The maximum absolute atomic E-state index is 11.5. The molecule has 1 heterocycles. The third-order valence-corrected chi connectivity index (χ3v) is 2.20. The molecule has 4 nitrogen and oxygen atoms in total. The molecule has 0 bridgehead atoms. The second kappa shape index (κ2) is 5.12. The Hall–Kier alpha value is -2.36. The zero-order valence-electron chi connectivity index (χ0n) is 8.96. The molecule has 0 saturated carbocycles. The van der Waals surface area contributed by atoms with Gasteiger partial charge in [0.05, 0.1) is 6.26 Å². The van der Waals surface area contributed by atoms with E-state index in [4.69, 9.17) is 9.15 Å². The molecule has 0 aliphatic rings. The zero-order valence-corrected chi connectivity index (χ0v) is 8.96. The van der Waals surface area contributed by atoms with Crippen molar-refractivity contribution in [2.45, 2.75) is 6.61 Å². The number of rotatable bonds is 4. The van der Waals surface area contributed by atoms with Crippen molar-refractivity contribution in [1.29, 1.82) is 0 Å². The van der Waals surface area contributed by atoms with Gasteiger partial charge < -0.3 is 9.15 Å². The third kappa shape index (κ3) is 2.60. The van der Waals surface area contributed by atoms with Crippen LogP contribution < -0.4 is 10.2 Å². The van der Waals surface area contributed by atoms with Gasteiger partial charge in [-0.1, -0.05) is 30.3 Å². The lowest BCUT2D eigenvalue weighted by atomic mass is 10.2. The number of aldehydes is 1. The van der Waals surface area contributed by atoms with E-state index < -0.39 is 0 Å². The van der Waals surface area contributed by atoms with Crippen molar-refractivity contribution in [2.75, 3.05) is 0 Å². The molecule has 2 aromatic rings. The molecule has 0 saturated heterocycles. The van der Waals surface area contributed by atoms with Crippen LogP contribution in [0.2, 0.25) is 0 Å². The van der Waals surface area contributed by atoms with Crippen molar-refractivity contribution in [1.82, 2.24) is 0 Å². The number of ether oxygens (including phenoxy) is 1. The highest BCUT2D eigenvalue weighted by Crippen LogP contribution is 2.12. The Morgan fingerprint density at radius 1 is 1.18 bits per heavy atom. The lowest BCUT2D eigenvalue weighted by Crippen LogP contribution is -2.09. The molecule has 0 fully saturated rings. The third-order valence-electron chi connectivity index (χ3n) is 2.20. The topological polar surface area (TPSA) is 56.5 Å². The standard InChI is InChI=1S/C13H10O4/c14-8-12-13(11(15)6-7-16-12)17-9-10-4-2-1-3-5-10/h1-8H,9H2. The molecule has 17 heavy (non-hydrogen) atoms. The SMILES string of the molecule is O=Cc1occc(=O)c1OCc1ccccc1. The largest absolute Gasteiger partial charge is 0.481 e. The Labute approximate surface area is 97.5 Å². The summed E-state index contributed by atoms with van der Waals surface area (Å²) >= 11 is 0. The second-order valence-electron chi connectivity index (χ2n) is 3.37. The Morgan fingerprint density at radius 3 is 2.65 bits per heavy atom. The van der Waals surface area contributed by atoms with Gasteiger partial charge in [0.1, 0.15) is 6.61 Å². The first-order chi connectivity index (χ1) is 8.31. The molecule has 86 valence electrons. The van der Waals surface area contributed by atoms with Crippen LogP contribution in [-0.4, -0.2) is 6.29 Å². The summed E-state index contributed by atoms with van der Waals surface area (Å²) in [5.74, 6) is -0.139. The maximum Gasteiger partial charge on any atom is 0.227 e. The van der Waals surface area contributed by atoms with Gasteiger partial charge in [-0.15, -0.1) is 0 Å². The molecule has 0 radical (unpaired) electrons. The smallest absolute Gasteiger partial charge is 0.227 e. The Morgan fingerprint density at radius 2 is 1.94 bits per heavy atom. The molecule has 2 rings (SSSR count). The van der Waals surface area contributed by atoms with Gasteiger partial charge in [0.15, 0.2) is 6.29 Å². The Balaban J connectivity index is 2.20. The molecule has 1 aromatic heterocycles. The Bertz CT molecular complexity index is 557. The molecule has 0 aliphatic carbocycles. The van der Waals surface area contributed by atoms with Crippen LogP contribution in [0.3, 0.4) is 0 Å². The van der Waals surface area contributed by atoms with E-state index in [9.17, 15) is 9.59 Å². The van der Waals surface area contributed by atoms with Gasteiger partial charge >= 0.3 is 0 Å². The van der Waals surface area contributed by atoms with Crippen LogP contribution in [0, 0.1) is 0 Å². The van der Waals surface area contributed by atoms with E-state index in [1.807, 2.05) is 30.3 Å². The lowest BCUT2D eigenvalue weighted by Gasteiger charge is -2.05. The molecule has 4 heteroatoms. The van der Waals surface area contributed by atoms with Crippen LogP contribution in [0.25, 0.3) is 0 Å². The number of hydrogen-bond acceptors (Lipinski definition) is 4. The van der Waals surface area contributed by atoms with Gasteiger partial charge in [0.25, 0.3) is 0 Å². The van der Waals surface area contributed by atoms with Gasteiger partial charge in [0.2, 0.25) is 16.9 Å². The van der Waals surface area contributed by atoms with E-state index in [1.165, 1.54) is 12.3 Å². The van der Waals surface area contributed by atoms with Crippen LogP contribution in [-0.2, 0) is 6.61 Å². The predicted molar refractivity (Wildman–Crippen MR) is 61.1 cm³/mol. The molecule has 0 N–H and O–H groups in total. The minimum atomic E-state index is -0.366. The summed E-state index contributed by atoms with van der Waals surface area (Å²) in [5.41, 5.74) is 0.543. The predicted octanol–water partition coefficient (Wildman–Crippen LogP) is 2.03. The van der Waals surface area contributed by atoms with Gasteiger partial charge in [-0.25, -0.2) is 0 Å². The maximum atomic E-state index is 11.5. The van der Waals surface area contributed by atoms with Crippen LogP contribution >= 0.6 is 0 Å². The molecule has 0 spiro atoms.